The zero-order valence-corrected chi connectivity index (χ0v) is 11.9. The minimum absolute atomic E-state index is 0.567. The van der Waals surface area contributed by atoms with Crippen molar-refractivity contribution in [2.75, 3.05) is 12.0 Å². The van der Waals surface area contributed by atoms with Crippen LogP contribution in [0, 0.1) is 12.8 Å². The van der Waals surface area contributed by atoms with Crippen LogP contribution in [0.1, 0.15) is 36.9 Å². The Morgan fingerprint density at radius 2 is 1.94 bits per heavy atom. The molecule has 0 aromatic heterocycles. The van der Waals surface area contributed by atoms with E-state index in [1.165, 1.54) is 29.7 Å². The Morgan fingerprint density at radius 3 is 2.47 bits per heavy atom. The van der Waals surface area contributed by atoms with Gasteiger partial charge in [0, 0.05) is 17.8 Å². The molecule has 1 aromatic rings. The summed E-state index contributed by atoms with van der Waals surface area (Å²) in [6.45, 7) is 4.44. The Morgan fingerprint density at radius 1 is 1.29 bits per heavy atom. The van der Waals surface area contributed by atoms with E-state index in [0.717, 1.165) is 5.92 Å². The van der Waals surface area contributed by atoms with Crippen molar-refractivity contribution in [2.24, 2.45) is 5.92 Å². The molecule has 0 radical (unpaired) electrons. The van der Waals surface area contributed by atoms with Crippen LogP contribution in [0.3, 0.4) is 0 Å². The van der Waals surface area contributed by atoms with Gasteiger partial charge in [0.15, 0.2) is 0 Å². The summed E-state index contributed by atoms with van der Waals surface area (Å²) in [5.41, 5.74) is 2.81. The summed E-state index contributed by atoms with van der Waals surface area (Å²) in [5, 5.41) is 3.79. The van der Waals surface area contributed by atoms with E-state index in [-0.39, 0.29) is 0 Å². The fourth-order valence-corrected chi connectivity index (χ4v) is 2.91. The van der Waals surface area contributed by atoms with Gasteiger partial charge in [-0.1, -0.05) is 29.8 Å². The van der Waals surface area contributed by atoms with E-state index in [1.54, 1.807) is 0 Å². The molecule has 0 heterocycles. The molecule has 2 unspecified atom stereocenters. The second-order valence-electron chi connectivity index (χ2n) is 5.25. The number of benzene rings is 1. The van der Waals surface area contributed by atoms with Gasteiger partial charge in [0.25, 0.3) is 0 Å². The van der Waals surface area contributed by atoms with Gasteiger partial charge in [0.05, 0.1) is 0 Å². The molecule has 17 heavy (non-hydrogen) atoms. The van der Waals surface area contributed by atoms with Gasteiger partial charge in [-0.15, -0.1) is 0 Å². The van der Waals surface area contributed by atoms with E-state index in [9.17, 15) is 0 Å². The molecule has 1 aliphatic carbocycles. The van der Waals surface area contributed by atoms with E-state index >= 15 is 0 Å². The van der Waals surface area contributed by atoms with Gasteiger partial charge in [-0.05, 0) is 44.4 Å². The van der Waals surface area contributed by atoms with Gasteiger partial charge < -0.3 is 5.32 Å². The molecule has 94 valence electrons. The number of hydrogen-bond acceptors (Lipinski definition) is 2. The molecule has 1 N–H and O–H groups in total. The third-order valence-electron chi connectivity index (χ3n) is 3.41. The van der Waals surface area contributed by atoms with Crippen LogP contribution in [-0.4, -0.2) is 18.1 Å². The Balaban J connectivity index is 2.04. The van der Waals surface area contributed by atoms with Crippen molar-refractivity contribution in [2.45, 2.75) is 38.8 Å². The van der Waals surface area contributed by atoms with E-state index < -0.39 is 0 Å². The lowest BCUT2D eigenvalue weighted by Gasteiger charge is -2.23. The molecule has 2 atom stereocenters. The zero-order chi connectivity index (χ0) is 12.3. The molecule has 0 saturated heterocycles. The van der Waals surface area contributed by atoms with E-state index in [2.05, 4.69) is 49.7 Å². The first kappa shape index (κ1) is 13.0. The van der Waals surface area contributed by atoms with Crippen molar-refractivity contribution in [1.82, 2.24) is 5.32 Å². The predicted octanol–water partition coefficient (Wildman–Crippen LogP) is 3.79. The highest BCUT2D eigenvalue weighted by atomic mass is 32.2. The Kier molecular flexibility index (Phi) is 4.52. The summed E-state index contributed by atoms with van der Waals surface area (Å²) >= 11 is 1.92. The van der Waals surface area contributed by atoms with Crippen molar-refractivity contribution < 1.29 is 0 Å². The first-order chi connectivity index (χ1) is 8.20. The zero-order valence-electron chi connectivity index (χ0n) is 11.1. The van der Waals surface area contributed by atoms with Gasteiger partial charge in [-0.25, -0.2) is 0 Å². The highest BCUT2D eigenvalue weighted by Crippen LogP contribution is 2.41. The minimum atomic E-state index is 0.567. The van der Waals surface area contributed by atoms with Gasteiger partial charge in [0.1, 0.15) is 0 Å². The average Bonchev–Trinajstić information content (AvgIpc) is 3.12. The van der Waals surface area contributed by atoms with Crippen LogP contribution in [0.15, 0.2) is 24.3 Å². The number of nitrogens with one attached hydrogen (secondary N) is 1. The standard InChI is InChI=1S/C15H23NS/c1-11-4-6-13(7-5-11)15(14-8-9-14)16-12(2)10-17-3/h4-7,12,14-16H,8-10H2,1-3H3. The smallest absolute Gasteiger partial charge is 0.0351 e. The van der Waals surface area contributed by atoms with Gasteiger partial charge in [-0.2, -0.15) is 11.8 Å². The first-order valence-electron chi connectivity index (χ1n) is 6.52. The molecule has 1 aromatic carbocycles. The van der Waals surface area contributed by atoms with Crippen LogP contribution in [0.2, 0.25) is 0 Å². The fraction of sp³-hybridized carbons (Fsp3) is 0.600. The summed E-state index contributed by atoms with van der Waals surface area (Å²) in [6.07, 6.45) is 4.95. The quantitative estimate of drug-likeness (QED) is 0.823. The molecule has 1 saturated carbocycles. The largest absolute Gasteiger partial charge is 0.306 e. The van der Waals surface area contributed by atoms with Crippen LogP contribution in [0.25, 0.3) is 0 Å². The lowest BCUT2D eigenvalue weighted by molar-refractivity contribution is 0.440. The van der Waals surface area contributed by atoms with Gasteiger partial charge >= 0.3 is 0 Å². The number of hydrogen-bond donors (Lipinski definition) is 1. The maximum atomic E-state index is 3.79. The Labute approximate surface area is 109 Å². The topological polar surface area (TPSA) is 12.0 Å². The Hall–Kier alpha value is -0.470. The third kappa shape index (κ3) is 3.75. The molecule has 0 amide bonds. The summed E-state index contributed by atoms with van der Waals surface area (Å²) in [4.78, 5) is 0. The fourth-order valence-electron chi connectivity index (χ4n) is 2.31. The van der Waals surface area contributed by atoms with Crippen molar-refractivity contribution >= 4 is 11.8 Å². The first-order valence-corrected chi connectivity index (χ1v) is 7.91. The van der Waals surface area contributed by atoms with Crippen molar-refractivity contribution in [3.8, 4) is 0 Å². The minimum Gasteiger partial charge on any atom is -0.306 e. The normalized spacial score (nSPS) is 19.0. The average molecular weight is 249 g/mol. The maximum Gasteiger partial charge on any atom is 0.0351 e. The molecule has 2 rings (SSSR count). The second-order valence-corrected chi connectivity index (χ2v) is 6.16. The highest BCUT2D eigenvalue weighted by Gasteiger charge is 2.32. The summed E-state index contributed by atoms with van der Waals surface area (Å²) in [5.74, 6) is 2.05. The summed E-state index contributed by atoms with van der Waals surface area (Å²) in [6, 6.07) is 10.2. The lowest BCUT2D eigenvalue weighted by atomic mass is 10.0. The molecule has 0 spiro atoms. The lowest BCUT2D eigenvalue weighted by Crippen LogP contribution is -2.33. The molecule has 1 aliphatic rings. The van der Waals surface area contributed by atoms with Crippen molar-refractivity contribution in [3.05, 3.63) is 35.4 Å². The second kappa shape index (κ2) is 5.92. The van der Waals surface area contributed by atoms with Crippen LogP contribution >= 0.6 is 11.8 Å². The SMILES string of the molecule is CSCC(C)NC(c1ccc(C)cc1)C1CC1. The van der Waals surface area contributed by atoms with E-state index in [0.29, 0.717) is 12.1 Å². The molecular weight excluding hydrogens is 226 g/mol. The molecule has 0 aliphatic heterocycles. The van der Waals surface area contributed by atoms with E-state index in [1.807, 2.05) is 11.8 Å². The van der Waals surface area contributed by atoms with Crippen LogP contribution < -0.4 is 5.32 Å². The predicted molar refractivity (Wildman–Crippen MR) is 77.6 cm³/mol. The third-order valence-corrected chi connectivity index (χ3v) is 4.24. The molecule has 2 heteroatoms. The molecule has 1 fully saturated rings. The molecular formula is C15H23NS. The highest BCUT2D eigenvalue weighted by molar-refractivity contribution is 7.98. The molecule has 1 nitrogen and oxygen atoms in total. The monoisotopic (exact) mass is 249 g/mol. The van der Waals surface area contributed by atoms with E-state index in [4.69, 9.17) is 0 Å². The van der Waals surface area contributed by atoms with Crippen molar-refractivity contribution in [3.63, 3.8) is 0 Å². The van der Waals surface area contributed by atoms with Crippen LogP contribution in [0.5, 0.6) is 0 Å². The summed E-state index contributed by atoms with van der Waals surface area (Å²) < 4.78 is 0. The van der Waals surface area contributed by atoms with Crippen LogP contribution in [0.4, 0.5) is 0 Å². The maximum absolute atomic E-state index is 3.79. The van der Waals surface area contributed by atoms with Crippen molar-refractivity contribution in [1.29, 1.82) is 0 Å². The molecule has 0 bridgehead atoms. The summed E-state index contributed by atoms with van der Waals surface area (Å²) in [7, 11) is 0. The number of thioether (sulfide) groups is 1. The van der Waals surface area contributed by atoms with Gasteiger partial charge in [-0.3, -0.25) is 0 Å². The van der Waals surface area contributed by atoms with Gasteiger partial charge in [0.2, 0.25) is 0 Å². The Bertz CT molecular complexity index is 342. The number of rotatable bonds is 6. The van der Waals surface area contributed by atoms with Crippen LogP contribution in [-0.2, 0) is 0 Å². The number of aryl methyl sites for hydroxylation is 1.